The lowest BCUT2D eigenvalue weighted by molar-refractivity contribution is -0.114. The molecule has 0 atom stereocenters. The number of benzene rings is 3. The largest absolute Gasteiger partial charge is 0.462 e. The number of amides is 1. The van der Waals surface area contributed by atoms with Gasteiger partial charge >= 0.3 is 5.97 Å². The van der Waals surface area contributed by atoms with Crippen molar-refractivity contribution in [1.29, 1.82) is 0 Å². The van der Waals surface area contributed by atoms with Crippen molar-refractivity contribution in [2.24, 2.45) is 0 Å². The summed E-state index contributed by atoms with van der Waals surface area (Å²) in [6.07, 6.45) is 0. The van der Waals surface area contributed by atoms with Crippen LogP contribution in [-0.4, -0.2) is 33.4 Å². The van der Waals surface area contributed by atoms with Crippen molar-refractivity contribution >= 4 is 33.3 Å². The van der Waals surface area contributed by atoms with Crippen LogP contribution in [0, 0.1) is 19.7 Å². The highest BCUT2D eigenvalue weighted by atomic mass is 32.2. The molecule has 3 rings (SSSR count). The van der Waals surface area contributed by atoms with E-state index in [0.717, 1.165) is 15.9 Å². The van der Waals surface area contributed by atoms with E-state index in [-0.39, 0.29) is 17.2 Å². The lowest BCUT2D eigenvalue weighted by atomic mass is 10.1. The number of para-hydroxylation sites is 1. The Morgan fingerprint density at radius 1 is 1.00 bits per heavy atom. The number of esters is 1. The molecule has 3 aromatic rings. The number of halogens is 1. The van der Waals surface area contributed by atoms with Crippen molar-refractivity contribution in [3.8, 4) is 0 Å². The molecule has 0 saturated carbocycles. The number of aryl methyl sites for hydroxylation is 2. The molecule has 9 heteroatoms. The first-order chi connectivity index (χ1) is 16.1. The van der Waals surface area contributed by atoms with E-state index >= 15 is 0 Å². The van der Waals surface area contributed by atoms with Gasteiger partial charge in [-0.25, -0.2) is 17.6 Å². The number of carbonyl (C=O) groups excluding carboxylic acids is 2. The van der Waals surface area contributed by atoms with Crippen LogP contribution in [0.15, 0.2) is 71.6 Å². The van der Waals surface area contributed by atoms with Crippen LogP contribution in [0.4, 0.5) is 15.8 Å². The predicted molar refractivity (Wildman–Crippen MR) is 128 cm³/mol. The zero-order valence-corrected chi connectivity index (χ0v) is 19.9. The normalized spacial score (nSPS) is 11.1. The van der Waals surface area contributed by atoms with Crippen molar-refractivity contribution in [3.63, 3.8) is 0 Å². The van der Waals surface area contributed by atoms with Gasteiger partial charge in [0.1, 0.15) is 12.4 Å². The van der Waals surface area contributed by atoms with E-state index < -0.39 is 34.3 Å². The summed E-state index contributed by atoms with van der Waals surface area (Å²) in [4.78, 5) is 24.7. The molecule has 1 N–H and O–H groups in total. The maximum Gasteiger partial charge on any atom is 0.338 e. The average Bonchev–Trinajstić information content (AvgIpc) is 2.80. The molecule has 3 aromatic carbocycles. The second-order valence-electron chi connectivity index (χ2n) is 7.57. The van der Waals surface area contributed by atoms with E-state index in [1.165, 1.54) is 42.5 Å². The third-order valence-electron chi connectivity index (χ3n) is 5.03. The minimum atomic E-state index is -4.24. The van der Waals surface area contributed by atoms with Crippen LogP contribution in [0.2, 0.25) is 0 Å². The Hall–Kier alpha value is -3.72. The fourth-order valence-electron chi connectivity index (χ4n) is 3.26. The summed E-state index contributed by atoms with van der Waals surface area (Å²) in [7, 11) is -4.24. The van der Waals surface area contributed by atoms with Crippen molar-refractivity contribution in [2.75, 3.05) is 22.8 Å². The lowest BCUT2D eigenvalue weighted by Crippen LogP contribution is -2.38. The third-order valence-corrected chi connectivity index (χ3v) is 6.80. The van der Waals surface area contributed by atoms with Crippen LogP contribution in [0.25, 0.3) is 0 Å². The molecule has 0 fully saturated rings. The number of ether oxygens (including phenoxy) is 1. The quantitative estimate of drug-likeness (QED) is 0.477. The predicted octanol–water partition coefficient (Wildman–Crippen LogP) is 4.45. The summed E-state index contributed by atoms with van der Waals surface area (Å²) in [5.74, 6) is -1.94. The fraction of sp³-hybridized carbons (Fsp3) is 0.200. The Bertz CT molecular complexity index is 1310. The second kappa shape index (κ2) is 10.5. The summed E-state index contributed by atoms with van der Waals surface area (Å²) in [6.45, 7) is 4.78. The van der Waals surface area contributed by atoms with Crippen LogP contribution < -0.4 is 9.62 Å². The molecule has 0 aliphatic carbocycles. The molecule has 7 nitrogen and oxygen atoms in total. The lowest BCUT2D eigenvalue weighted by Gasteiger charge is -2.24. The van der Waals surface area contributed by atoms with Gasteiger partial charge in [-0.05, 0) is 68.8 Å². The van der Waals surface area contributed by atoms with Gasteiger partial charge in [0.15, 0.2) is 0 Å². The van der Waals surface area contributed by atoms with Gasteiger partial charge in [-0.3, -0.25) is 9.10 Å². The maximum atomic E-state index is 14.6. The van der Waals surface area contributed by atoms with Gasteiger partial charge in [0.05, 0.1) is 22.8 Å². The van der Waals surface area contributed by atoms with E-state index in [1.807, 2.05) is 6.92 Å². The van der Waals surface area contributed by atoms with Crippen LogP contribution in [0.1, 0.15) is 28.4 Å². The minimum absolute atomic E-state index is 0.0656. The first-order valence-electron chi connectivity index (χ1n) is 10.5. The minimum Gasteiger partial charge on any atom is -0.462 e. The molecule has 0 heterocycles. The van der Waals surface area contributed by atoms with Gasteiger partial charge in [-0.15, -0.1) is 0 Å². The number of rotatable bonds is 8. The average molecular weight is 485 g/mol. The molecular formula is C25H25FN2O5S. The Kier molecular flexibility index (Phi) is 7.68. The monoisotopic (exact) mass is 484 g/mol. The van der Waals surface area contributed by atoms with E-state index in [1.54, 1.807) is 32.0 Å². The number of sulfonamides is 1. The van der Waals surface area contributed by atoms with Gasteiger partial charge in [0, 0.05) is 5.69 Å². The zero-order valence-electron chi connectivity index (χ0n) is 19.0. The number of carbonyl (C=O) groups is 2. The second-order valence-corrected chi connectivity index (χ2v) is 9.44. The molecule has 0 spiro atoms. The van der Waals surface area contributed by atoms with Gasteiger partial charge in [-0.2, -0.15) is 0 Å². The van der Waals surface area contributed by atoms with Crippen molar-refractivity contribution in [1.82, 2.24) is 0 Å². The molecule has 0 bridgehead atoms. The number of anilines is 2. The Balaban J connectivity index is 1.90. The fourth-order valence-corrected chi connectivity index (χ4v) is 4.69. The highest BCUT2D eigenvalue weighted by Gasteiger charge is 2.29. The van der Waals surface area contributed by atoms with Gasteiger partial charge in [0.25, 0.3) is 10.0 Å². The number of hydrogen-bond donors (Lipinski definition) is 1. The first kappa shape index (κ1) is 24.9. The van der Waals surface area contributed by atoms with Crippen LogP contribution in [0.3, 0.4) is 0 Å². The van der Waals surface area contributed by atoms with Gasteiger partial charge in [0.2, 0.25) is 5.91 Å². The van der Waals surface area contributed by atoms with Crippen molar-refractivity contribution in [2.45, 2.75) is 25.7 Å². The molecule has 0 aliphatic heterocycles. The van der Waals surface area contributed by atoms with Gasteiger partial charge in [-0.1, -0.05) is 29.8 Å². The molecule has 0 unspecified atom stereocenters. The topological polar surface area (TPSA) is 92.8 Å². The highest BCUT2D eigenvalue weighted by Crippen LogP contribution is 2.27. The Morgan fingerprint density at radius 2 is 1.68 bits per heavy atom. The molecule has 0 aliphatic rings. The smallest absolute Gasteiger partial charge is 0.338 e. The van der Waals surface area contributed by atoms with Crippen LogP contribution in [0.5, 0.6) is 0 Å². The van der Waals surface area contributed by atoms with Crippen LogP contribution in [-0.2, 0) is 19.6 Å². The number of hydrogen-bond acceptors (Lipinski definition) is 5. The molecule has 1 amide bonds. The van der Waals surface area contributed by atoms with Gasteiger partial charge < -0.3 is 10.1 Å². The first-order valence-corrected chi connectivity index (χ1v) is 12.0. The zero-order chi connectivity index (χ0) is 24.9. The summed E-state index contributed by atoms with van der Waals surface area (Å²) < 4.78 is 47.0. The van der Waals surface area contributed by atoms with E-state index in [2.05, 4.69) is 5.32 Å². The van der Waals surface area contributed by atoms with E-state index in [9.17, 15) is 22.4 Å². The summed E-state index contributed by atoms with van der Waals surface area (Å²) in [6, 6.07) is 16.0. The molecule has 0 radical (unpaired) electrons. The molecule has 0 saturated heterocycles. The SMILES string of the molecule is CCOC(=O)c1ccc(NC(=O)CN(c2ccccc2F)S(=O)(=O)c2ccc(C)cc2)c(C)c1. The standard InChI is InChI=1S/C25H25FN2O5S/c1-4-33-25(30)19-11-14-22(18(3)15-19)27-24(29)16-28(23-8-6-5-7-21(23)26)34(31,32)20-12-9-17(2)10-13-20/h5-15H,4,16H2,1-3H3,(H,27,29). The van der Waals surface area contributed by atoms with Crippen molar-refractivity contribution in [3.05, 3.63) is 89.2 Å². The Morgan fingerprint density at radius 3 is 2.29 bits per heavy atom. The number of nitrogens with one attached hydrogen (secondary N) is 1. The summed E-state index contributed by atoms with van der Waals surface area (Å²) >= 11 is 0. The Labute approximate surface area is 198 Å². The van der Waals surface area contributed by atoms with E-state index in [4.69, 9.17) is 4.74 Å². The van der Waals surface area contributed by atoms with Crippen LogP contribution >= 0.6 is 0 Å². The summed E-state index contributed by atoms with van der Waals surface area (Å²) in [5.41, 5.74) is 1.91. The molecule has 0 aromatic heterocycles. The molecular weight excluding hydrogens is 459 g/mol. The molecule has 34 heavy (non-hydrogen) atoms. The summed E-state index contributed by atoms with van der Waals surface area (Å²) in [5, 5.41) is 2.64. The maximum absolute atomic E-state index is 14.6. The third kappa shape index (κ3) is 5.60. The number of nitrogens with zero attached hydrogens (tertiary/aromatic N) is 1. The molecule has 178 valence electrons. The van der Waals surface area contributed by atoms with E-state index in [0.29, 0.717) is 16.8 Å². The highest BCUT2D eigenvalue weighted by molar-refractivity contribution is 7.92. The van der Waals surface area contributed by atoms with Crippen molar-refractivity contribution < 1.29 is 27.1 Å².